The number of methoxy groups -OCH3 is 1. The zero-order chi connectivity index (χ0) is 20.4. The summed E-state index contributed by atoms with van der Waals surface area (Å²) in [6.07, 6.45) is 0.107. The molecule has 1 aromatic heterocycles. The molecule has 0 fully saturated rings. The minimum Gasteiger partial charge on any atom is -0.468 e. The van der Waals surface area contributed by atoms with Gasteiger partial charge < -0.3 is 9.30 Å². The molecular formula is C22H17FN2O3S. The van der Waals surface area contributed by atoms with Gasteiger partial charge in [-0.3, -0.25) is 9.59 Å². The number of rotatable bonds is 4. The molecule has 3 aromatic carbocycles. The van der Waals surface area contributed by atoms with Crippen LogP contribution in [0.25, 0.3) is 21.0 Å². The van der Waals surface area contributed by atoms with E-state index in [1.807, 2.05) is 42.5 Å². The van der Waals surface area contributed by atoms with Gasteiger partial charge in [-0.15, -0.1) is 0 Å². The Labute approximate surface area is 169 Å². The Bertz CT molecular complexity index is 1300. The molecule has 0 spiro atoms. The molecule has 0 radical (unpaired) electrons. The summed E-state index contributed by atoms with van der Waals surface area (Å²) in [7, 11) is 1.26. The van der Waals surface area contributed by atoms with Gasteiger partial charge in [-0.05, 0) is 28.5 Å². The number of hydrogen-bond donors (Lipinski definition) is 0. The van der Waals surface area contributed by atoms with E-state index in [4.69, 9.17) is 4.74 Å². The van der Waals surface area contributed by atoms with Crippen LogP contribution in [0.4, 0.5) is 4.39 Å². The highest BCUT2D eigenvalue weighted by Gasteiger charge is 2.15. The van der Waals surface area contributed by atoms with Gasteiger partial charge in [0.15, 0.2) is 4.80 Å². The summed E-state index contributed by atoms with van der Waals surface area (Å²) in [6.45, 7) is -0.224. The Hall–Kier alpha value is -3.32. The number of carbonyl (C=O) groups is 2. The van der Waals surface area contributed by atoms with E-state index in [9.17, 15) is 14.0 Å². The molecule has 4 rings (SSSR count). The van der Waals surface area contributed by atoms with Gasteiger partial charge in [0.2, 0.25) is 0 Å². The Morgan fingerprint density at radius 2 is 1.83 bits per heavy atom. The number of hydrogen-bond acceptors (Lipinski definition) is 4. The zero-order valence-corrected chi connectivity index (χ0v) is 16.4. The molecule has 0 N–H and O–H groups in total. The fraction of sp³-hybridized carbons (Fsp3) is 0.136. The van der Waals surface area contributed by atoms with Crippen molar-refractivity contribution in [3.8, 4) is 0 Å². The summed E-state index contributed by atoms with van der Waals surface area (Å²) in [4.78, 5) is 29.0. The molecule has 0 aliphatic rings. The van der Waals surface area contributed by atoms with Crippen molar-refractivity contribution in [2.24, 2.45) is 4.99 Å². The molecule has 4 aromatic rings. The lowest BCUT2D eigenvalue weighted by atomic mass is 10.0. The van der Waals surface area contributed by atoms with E-state index in [-0.39, 0.29) is 29.2 Å². The van der Waals surface area contributed by atoms with Gasteiger partial charge >= 0.3 is 5.97 Å². The highest BCUT2D eigenvalue weighted by Crippen LogP contribution is 2.21. The SMILES string of the molecule is COC(=O)Cn1c(=NC(=O)Cc2cccc3ccccc23)sc2cccc(F)c21. The number of para-hydroxylation sites is 1. The fourth-order valence-corrected chi connectivity index (χ4v) is 4.33. The molecule has 146 valence electrons. The number of esters is 1. The summed E-state index contributed by atoms with van der Waals surface area (Å²) in [5.74, 6) is -1.39. The van der Waals surface area contributed by atoms with E-state index in [2.05, 4.69) is 4.99 Å². The molecule has 7 heteroatoms. The Balaban J connectivity index is 1.77. The van der Waals surface area contributed by atoms with Crippen molar-refractivity contribution >= 4 is 44.2 Å². The van der Waals surface area contributed by atoms with Crippen molar-refractivity contribution in [2.45, 2.75) is 13.0 Å². The zero-order valence-electron chi connectivity index (χ0n) is 15.6. The summed E-state index contributed by atoms with van der Waals surface area (Å²) in [6, 6.07) is 18.2. The molecular weight excluding hydrogens is 391 g/mol. The number of aromatic nitrogens is 1. The van der Waals surface area contributed by atoms with Crippen LogP contribution in [-0.2, 0) is 27.3 Å². The highest BCUT2D eigenvalue weighted by molar-refractivity contribution is 7.16. The fourth-order valence-electron chi connectivity index (χ4n) is 3.27. The van der Waals surface area contributed by atoms with E-state index >= 15 is 0 Å². The summed E-state index contributed by atoms with van der Waals surface area (Å²) in [5.41, 5.74) is 1.10. The molecule has 0 aliphatic carbocycles. The molecule has 0 bridgehead atoms. The van der Waals surface area contributed by atoms with Gasteiger partial charge in [-0.2, -0.15) is 4.99 Å². The smallest absolute Gasteiger partial charge is 0.325 e. The van der Waals surface area contributed by atoms with E-state index < -0.39 is 11.8 Å². The maximum atomic E-state index is 14.4. The predicted molar refractivity (Wildman–Crippen MR) is 110 cm³/mol. The third-order valence-electron chi connectivity index (χ3n) is 4.61. The van der Waals surface area contributed by atoms with Gasteiger partial charge in [-0.1, -0.05) is 59.9 Å². The van der Waals surface area contributed by atoms with Crippen LogP contribution in [0.2, 0.25) is 0 Å². The average Bonchev–Trinajstić information content (AvgIpc) is 3.06. The van der Waals surface area contributed by atoms with Crippen LogP contribution in [0.15, 0.2) is 65.7 Å². The molecule has 29 heavy (non-hydrogen) atoms. The Morgan fingerprint density at radius 3 is 2.66 bits per heavy atom. The van der Waals surface area contributed by atoms with E-state index in [0.717, 1.165) is 27.7 Å². The topological polar surface area (TPSA) is 60.7 Å². The van der Waals surface area contributed by atoms with Gasteiger partial charge in [0, 0.05) is 0 Å². The third-order valence-corrected chi connectivity index (χ3v) is 5.65. The largest absolute Gasteiger partial charge is 0.468 e. The number of fused-ring (bicyclic) bond motifs is 2. The molecule has 0 saturated carbocycles. The van der Waals surface area contributed by atoms with Crippen LogP contribution < -0.4 is 4.80 Å². The van der Waals surface area contributed by atoms with E-state index in [0.29, 0.717) is 4.70 Å². The second-order valence-electron chi connectivity index (χ2n) is 6.45. The summed E-state index contributed by atoms with van der Waals surface area (Å²) < 4.78 is 21.1. The lowest BCUT2D eigenvalue weighted by molar-refractivity contribution is -0.141. The number of carbonyl (C=O) groups excluding carboxylic acids is 2. The van der Waals surface area contributed by atoms with E-state index in [1.54, 1.807) is 12.1 Å². The lowest BCUT2D eigenvalue weighted by Gasteiger charge is -2.05. The first-order chi connectivity index (χ1) is 14.1. The minimum atomic E-state index is -0.545. The van der Waals surface area contributed by atoms with Gasteiger partial charge in [0.1, 0.15) is 12.4 Å². The molecule has 0 saturated heterocycles. The number of nitrogens with zero attached hydrogens (tertiary/aromatic N) is 2. The normalized spacial score (nSPS) is 11.9. The summed E-state index contributed by atoms with van der Waals surface area (Å²) >= 11 is 1.16. The first-order valence-electron chi connectivity index (χ1n) is 8.95. The van der Waals surface area contributed by atoms with Crippen LogP contribution in [0.3, 0.4) is 0 Å². The lowest BCUT2D eigenvalue weighted by Crippen LogP contribution is -2.23. The molecule has 0 atom stereocenters. The van der Waals surface area contributed by atoms with Crippen molar-refractivity contribution in [1.29, 1.82) is 0 Å². The predicted octanol–water partition coefficient (Wildman–Crippen LogP) is 3.84. The van der Waals surface area contributed by atoms with Gasteiger partial charge in [0.25, 0.3) is 5.91 Å². The number of thiazole rings is 1. The monoisotopic (exact) mass is 408 g/mol. The standard InChI is InChI=1S/C22H17FN2O3S/c1-28-20(27)13-25-21-17(23)10-5-11-18(21)29-22(25)24-19(26)12-15-8-4-7-14-6-2-3-9-16(14)15/h2-11H,12-13H2,1H3. The van der Waals surface area contributed by atoms with Crippen LogP contribution >= 0.6 is 11.3 Å². The first-order valence-corrected chi connectivity index (χ1v) is 9.77. The average molecular weight is 408 g/mol. The number of benzene rings is 3. The van der Waals surface area contributed by atoms with Crippen LogP contribution in [0.5, 0.6) is 0 Å². The van der Waals surface area contributed by atoms with Crippen molar-refractivity contribution in [2.75, 3.05) is 7.11 Å². The Morgan fingerprint density at radius 1 is 1.07 bits per heavy atom. The minimum absolute atomic E-state index is 0.107. The first kappa shape index (κ1) is 19.0. The van der Waals surface area contributed by atoms with Gasteiger partial charge in [-0.25, -0.2) is 4.39 Å². The maximum Gasteiger partial charge on any atom is 0.325 e. The number of amides is 1. The van der Waals surface area contributed by atoms with Gasteiger partial charge in [0.05, 0.1) is 23.7 Å². The van der Waals surface area contributed by atoms with Crippen LogP contribution in [0.1, 0.15) is 5.56 Å². The molecule has 5 nitrogen and oxygen atoms in total. The molecule has 0 unspecified atom stereocenters. The molecule has 0 aliphatic heterocycles. The number of ether oxygens (including phenoxy) is 1. The third kappa shape index (κ3) is 3.82. The second kappa shape index (κ2) is 7.97. The quantitative estimate of drug-likeness (QED) is 0.482. The van der Waals surface area contributed by atoms with Crippen molar-refractivity contribution in [3.05, 3.63) is 76.8 Å². The van der Waals surface area contributed by atoms with Crippen LogP contribution in [-0.4, -0.2) is 23.6 Å². The highest BCUT2D eigenvalue weighted by atomic mass is 32.1. The molecule has 1 amide bonds. The maximum absolute atomic E-state index is 14.4. The van der Waals surface area contributed by atoms with Crippen LogP contribution in [0, 0.1) is 5.82 Å². The second-order valence-corrected chi connectivity index (χ2v) is 7.46. The van der Waals surface area contributed by atoms with Crippen molar-refractivity contribution < 1.29 is 18.7 Å². The van der Waals surface area contributed by atoms with Crippen molar-refractivity contribution in [3.63, 3.8) is 0 Å². The number of halogens is 1. The molecule has 1 heterocycles. The van der Waals surface area contributed by atoms with E-state index in [1.165, 1.54) is 17.7 Å². The summed E-state index contributed by atoms with van der Waals surface area (Å²) in [5, 5.41) is 2.03. The van der Waals surface area contributed by atoms with Crippen molar-refractivity contribution in [1.82, 2.24) is 4.57 Å². The Kier molecular flexibility index (Phi) is 5.22.